The van der Waals surface area contributed by atoms with Crippen molar-refractivity contribution in [1.82, 2.24) is 0 Å². The van der Waals surface area contributed by atoms with Crippen LogP contribution in [0.3, 0.4) is 0 Å². The van der Waals surface area contributed by atoms with Crippen LogP contribution in [0, 0.1) is 10.1 Å². The minimum Gasteiger partial charge on any atom is -0.469 e. The largest absolute Gasteiger partial charge is 0.469 e. The first-order valence-corrected chi connectivity index (χ1v) is 5.33. The molecule has 0 amide bonds. The Morgan fingerprint density at radius 1 is 1.44 bits per heavy atom. The number of hydrogen-bond acceptors (Lipinski definition) is 5. The van der Waals surface area contributed by atoms with E-state index in [9.17, 15) is 14.9 Å². The summed E-state index contributed by atoms with van der Waals surface area (Å²) in [6.07, 6.45) is 0.0944. The van der Waals surface area contributed by atoms with Gasteiger partial charge in [-0.05, 0) is 6.92 Å². The Balaban J connectivity index is 2.76. The Hall–Kier alpha value is -2.24. The minimum atomic E-state index is -0.444. The number of carbonyl (C=O) groups is 1. The van der Waals surface area contributed by atoms with Crippen LogP contribution in [-0.2, 0) is 16.1 Å². The fraction of sp³-hybridized carbons (Fsp3) is 0.333. The van der Waals surface area contributed by atoms with Gasteiger partial charge in [0.25, 0.3) is 5.69 Å². The fourth-order valence-electron chi connectivity index (χ4n) is 1.38. The van der Waals surface area contributed by atoms with E-state index in [1.165, 1.54) is 13.2 Å². The molecule has 0 aromatic heterocycles. The van der Waals surface area contributed by atoms with Crippen molar-refractivity contribution in [3.8, 4) is 0 Å². The molecule has 0 fully saturated rings. The summed E-state index contributed by atoms with van der Waals surface area (Å²) in [4.78, 5) is 25.5. The van der Waals surface area contributed by atoms with Crippen molar-refractivity contribution in [1.29, 1.82) is 0 Å². The van der Waals surface area contributed by atoms with E-state index >= 15 is 0 Å². The van der Waals surface area contributed by atoms with E-state index in [0.717, 1.165) is 0 Å². The van der Waals surface area contributed by atoms with Crippen LogP contribution in [0.15, 0.2) is 29.3 Å². The van der Waals surface area contributed by atoms with Gasteiger partial charge in [-0.1, -0.05) is 18.2 Å². The van der Waals surface area contributed by atoms with Gasteiger partial charge in [-0.15, -0.1) is 0 Å². The molecule has 1 rings (SSSR count). The molecule has 0 atom stereocenters. The molecule has 0 aliphatic carbocycles. The monoisotopic (exact) mass is 250 g/mol. The van der Waals surface area contributed by atoms with E-state index in [4.69, 9.17) is 0 Å². The van der Waals surface area contributed by atoms with Crippen molar-refractivity contribution in [2.45, 2.75) is 19.9 Å². The van der Waals surface area contributed by atoms with Crippen LogP contribution in [0.5, 0.6) is 0 Å². The average molecular weight is 250 g/mol. The molecule has 0 heterocycles. The standard InChI is InChI=1S/C12H14N2O4/c1-9(7-12(15)18-2)13-8-10-5-3-4-6-11(10)14(16)17/h3-6H,7-8H2,1-2H3. The molecule has 0 N–H and O–H groups in total. The van der Waals surface area contributed by atoms with Gasteiger partial charge in [-0.25, -0.2) is 0 Å². The summed E-state index contributed by atoms with van der Waals surface area (Å²) in [5, 5.41) is 10.8. The van der Waals surface area contributed by atoms with Gasteiger partial charge in [-0.3, -0.25) is 19.9 Å². The summed E-state index contributed by atoms with van der Waals surface area (Å²) in [5.74, 6) is -0.376. The average Bonchev–Trinajstić information content (AvgIpc) is 2.36. The van der Waals surface area contributed by atoms with E-state index in [0.29, 0.717) is 11.3 Å². The van der Waals surface area contributed by atoms with Crippen molar-refractivity contribution in [2.75, 3.05) is 7.11 Å². The highest BCUT2D eigenvalue weighted by atomic mass is 16.6. The summed E-state index contributed by atoms with van der Waals surface area (Å²) in [6, 6.07) is 6.40. The summed E-state index contributed by atoms with van der Waals surface area (Å²) >= 11 is 0. The quantitative estimate of drug-likeness (QED) is 0.347. The Labute approximate surface area is 104 Å². The van der Waals surface area contributed by atoms with Crippen LogP contribution in [0.4, 0.5) is 5.69 Å². The lowest BCUT2D eigenvalue weighted by molar-refractivity contribution is -0.385. The number of nitro groups is 1. The predicted octanol–water partition coefficient (Wildman–Crippen LogP) is 2.12. The first-order chi connectivity index (χ1) is 8.54. The SMILES string of the molecule is COC(=O)CC(C)=NCc1ccccc1[N+](=O)[O-]. The number of carbonyl (C=O) groups excluding carboxylic acids is 1. The zero-order chi connectivity index (χ0) is 13.5. The van der Waals surface area contributed by atoms with Gasteiger partial charge in [0.1, 0.15) is 0 Å². The normalized spacial score (nSPS) is 11.1. The van der Waals surface area contributed by atoms with Crippen LogP contribution in [0.25, 0.3) is 0 Å². The molecule has 0 unspecified atom stereocenters. The molecule has 0 bridgehead atoms. The van der Waals surface area contributed by atoms with Crippen molar-refractivity contribution < 1.29 is 14.5 Å². The molecule has 1 aromatic carbocycles. The highest BCUT2D eigenvalue weighted by Gasteiger charge is 2.11. The second-order valence-electron chi connectivity index (χ2n) is 3.69. The van der Waals surface area contributed by atoms with Gasteiger partial charge in [-0.2, -0.15) is 0 Å². The van der Waals surface area contributed by atoms with Gasteiger partial charge < -0.3 is 4.74 Å². The van der Waals surface area contributed by atoms with Crippen molar-refractivity contribution in [3.63, 3.8) is 0 Å². The maximum atomic E-state index is 11.0. The summed E-state index contributed by atoms with van der Waals surface area (Å²) < 4.78 is 4.51. The van der Waals surface area contributed by atoms with Crippen LogP contribution in [0.1, 0.15) is 18.9 Å². The van der Waals surface area contributed by atoms with Crippen LogP contribution < -0.4 is 0 Å². The fourth-order valence-corrected chi connectivity index (χ4v) is 1.38. The van der Waals surface area contributed by atoms with Crippen LogP contribution in [-0.4, -0.2) is 23.7 Å². The molecular weight excluding hydrogens is 236 g/mol. The Morgan fingerprint density at radius 2 is 2.11 bits per heavy atom. The first kappa shape index (κ1) is 13.8. The van der Waals surface area contributed by atoms with Crippen molar-refractivity contribution in [2.24, 2.45) is 4.99 Å². The van der Waals surface area contributed by atoms with Gasteiger partial charge in [0.15, 0.2) is 0 Å². The van der Waals surface area contributed by atoms with E-state index in [2.05, 4.69) is 9.73 Å². The minimum absolute atomic E-state index is 0.0344. The smallest absolute Gasteiger partial charge is 0.311 e. The summed E-state index contributed by atoms with van der Waals surface area (Å²) in [7, 11) is 1.30. The van der Waals surface area contributed by atoms with Gasteiger partial charge in [0.2, 0.25) is 0 Å². The lowest BCUT2D eigenvalue weighted by atomic mass is 10.2. The number of nitro benzene ring substituents is 1. The van der Waals surface area contributed by atoms with Crippen molar-refractivity contribution >= 4 is 17.4 Å². The van der Waals surface area contributed by atoms with Gasteiger partial charge in [0, 0.05) is 11.8 Å². The zero-order valence-corrected chi connectivity index (χ0v) is 10.3. The van der Waals surface area contributed by atoms with Gasteiger partial charge in [0.05, 0.1) is 30.6 Å². The molecule has 1 aromatic rings. The van der Waals surface area contributed by atoms with Crippen LogP contribution >= 0.6 is 0 Å². The summed E-state index contributed by atoms with van der Waals surface area (Å²) in [5.41, 5.74) is 1.14. The molecule has 0 saturated heterocycles. The molecule has 6 heteroatoms. The zero-order valence-electron chi connectivity index (χ0n) is 10.3. The number of nitrogens with zero attached hydrogens (tertiary/aromatic N) is 2. The molecule has 0 saturated carbocycles. The Kier molecular flexibility index (Phi) is 4.98. The van der Waals surface area contributed by atoms with E-state index < -0.39 is 4.92 Å². The third kappa shape index (κ3) is 3.97. The number of esters is 1. The first-order valence-electron chi connectivity index (χ1n) is 5.33. The van der Waals surface area contributed by atoms with Crippen molar-refractivity contribution in [3.05, 3.63) is 39.9 Å². The number of rotatable bonds is 5. The Bertz CT molecular complexity index is 483. The third-order valence-corrected chi connectivity index (χ3v) is 2.34. The van der Waals surface area contributed by atoms with E-state index in [-0.39, 0.29) is 24.6 Å². The molecule has 0 spiro atoms. The number of benzene rings is 1. The lowest BCUT2D eigenvalue weighted by Crippen LogP contribution is -2.06. The van der Waals surface area contributed by atoms with E-state index in [1.54, 1.807) is 25.1 Å². The second kappa shape index (κ2) is 6.48. The molecule has 0 aliphatic rings. The molecule has 96 valence electrons. The highest BCUT2D eigenvalue weighted by Crippen LogP contribution is 2.18. The van der Waals surface area contributed by atoms with Crippen LogP contribution in [0.2, 0.25) is 0 Å². The number of para-hydroxylation sites is 1. The number of ether oxygens (including phenoxy) is 1. The number of aliphatic imine (C=N–C) groups is 1. The third-order valence-electron chi connectivity index (χ3n) is 2.34. The Morgan fingerprint density at radius 3 is 2.72 bits per heavy atom. The highest BCUT2D eigenvalue weighted by molar-refractivity contribution is 5.97. The summed E-state index contributed by atoms with van der Waals surface area (Å²) in [6.45, 7) is 1.87. The topological polar surface area (TPSA) is 81.8 Å². The van der Waals surface area contributed by atoms with Gasteiger partial charge >= 0.3 is 5.97 Å². The maximum Gasteiger partial charge on any atom is 0.311 e. The number of methoxy groups -OCH3 is 1. The maximum absolute atomic E-state index is 11.0. The molecule has 0 aliphatic heterocycles. The van der Waals surface area contributed by atoms with E-state index in [1.807, 2.05) is 0 Å². The molecule has 6 nitrogen and oxygen atoms in total. The molecular formula is C12H14N2O4. The number of hydrogen-bond donors (Lipinski definition) is 0. The predicted molar refractivity (Wildman–Crippen MR) is 66.5 cm³/mol. The lowest BCUT2D eigenvalue weighted by Gasteiger charge is -2.01. The second-order valence-corrected chi connectivity index (χ2v) is 3.69. The molecule has 0 radical (unpaired) electrons. The molecule has 18 heavy (non-hydrogen) atoms.